The standard InChI is InChI=1S/C12H22O/c1-3-4-8-12(11(2)13)9-6-5-7-10-12/h3-10H2,1-2H3. The number of ketones is 1. The van der Waals surface area contributed by atoms with Crippen LogP contribution in [0.2, 0.25) is 0 Å². The van der Waals surface area contributed by atoms with Gasteiger partial charge in [0.15, 0.2) is 0 Å². The van der Waals surface area contributed by atoms with Gasteiger partial charge in [-0.3, -0.25) is 4.79 Å². The van der Waals surface area contributed by atoms with Crippen LogP contribution < -0.4 is 0 Å². The van der Waals surface area contributed by atoms with Gasteiger partial charge in [0, 0.05) is 5.41 Å². The van der Waals surface area contributed by atoms with Crippen LogP contribution in [0.4, 0.5) is 0 Å². The fourth-order valence-electron chi connectivity index (χ4n) is 2.52. The fraction of sp³-hybridized carbons (Fsp3) is 0.917. The monoisotopic (exact) mass is 182 g/mol. The Balaban J connectivity index is 2.56. The van der Waals surface area contributed by atoms with E-state index in [1.54, 1.807) is 6.92 Å². The van der Waals surface area contributed by atoms with Crippen LogP contribution in [0.1, 0.15) is 65.2 Å². The summed E-state index contributed by atoms with van der Waals surface area (Å²) >= 11 is 0. The first-order valence-electron chi connectivity index (χ1n) is 5.72. The molecule has 0 unspecified atom stereocenters. The van der Waals surface area contributed by atoms with Crippen LogP contribution in [0.5, 0.6) is 0 Å². The Morgan fingerprint density at radius 2 is 1.85 bits per heavy atom. The Morgan fingerprint density at radius 1 is 1.23 bits per heavy atom. The first-order valence-corrected chi connectivity index (χ1v) is 5.72. The molecule has 1 aliphatic carbocycles. The molecule has 1 rings (SSSR count). The van der Waals surface area contributed by atoms with E-state index in [0.717, 1.165) is 19.3 Å². The van der Waals surface area contributed by atoms with E-state index in [1.165, 1.54) is 32.1 Å². The Kier molecular flexibility index (Phi) is 3.95. The normalized spacial score (nSPS) is 21.4. The molecule has 0 atom stereocenters. The summed E-state index contributed by atoms with van der Waals surface area (Å²) in [5.41, 5.74) is 0.0915. The third-order valence-electron chi connectivity index (χ3n) is 3.57. The van der Waals surface area contributed by atoms with Gasteiger partial charge in [-0.1, -0.05) is 39.0 Å². The predicted molar refractivity (Wildman–Crippen MR) is 55.7 cm³/mol. The second kappa shape index (κ2) is 4.78. The smallest absolute Gasteiger partial charge is 0.135 e. The zero-order valence-electron chi connectivity index (χ0n) is 9.07. The van der Waals surface area contributed by atoms with Crippen LogP contribution in [0.15, 0.2) is 0 Å². The topological polar surface area (TPSA) is 17.1 Å². The van der Waals surface area contributed by atoms with Gasteiger partial charge in [-0.2, -0.15) is 0 Å². The van der Waals surface area contributed by atoms with Gasteiger partial charge >= 0.3 is 0 Å². The molecule has 1 saturated carbocycles. The first kappa shape index (κ1) is 10.7. The van der Waals surface area contributed by atoms with E-state index < -0.39 is 0 Å². The summed E-state index contributed by atoms with van der Waals surface area (Å²) in [5, 5.41) is 0. The molecule has 0 radical (unpaired) electrons. The SMILES string of the molecule is CCCCC1(C(C)=O)CCCCC1. The molecule has 0 N–H and O–H groups in total. The van der Waals surface area contributed by atoms with E-state index in [-0.39, 0.29) is 5.41 Å². The van der Waals surface area contributed by atoms with Crippen LogP contribution >= 0.6 is 0 Å². The highest BCUT2D eigenvalue weighted by Crippen LogP contribution is 2.41. The largest absolute Gasteiger partial charge is 0.299 e. The Bertz CT molecular complexity index is 166. The van der Waals surface area contributed by atoms with Crippen molar-refractivity contribution in [2.45, 2.75) is 65.2 Å². The van der Waals surface area contributed by atoms with E-state index in [9.17, 15) is 4.79 Å². The van der Waals surface area contributed by atoms with Crippen molar-refractivity contribution >= 4 is 5.78 Å². The van der Waals surface area contributed by atoms with Crippen molar-refractivity contribution in [2.24, 2.45) is 5.41 Å². The molecular weight excluding hydrogens is 160 g/mol. The lowest BCUT2D eigenvalue weighted by molar-refractivity contribution is -0.128. The van der Waals surface area contributed by atoms with Crippen LogP contribution in [0.3, 0.4) is 0 Å². The van der Waals surface area contributed by atoms with Crippen molar-refractivity contribution in [3.8, 4) is 0 Å². The summed E-state index contributed by atoms with van der Waals surface area (Å²) in [6.07, 6.45) is 9.76. The molecule has 1 heteroatoms. The molecule has 13 heavy (non-hydrogen) atoms. The molecule has 1 fully saturated rings. The molecular formula is C12H22O. The van der Waals surface area contributed by atoms with Gasteiger partial charge in [-0.05, 0) is 26.2 Å². The Hall–Kier alpha value is -0.330. The summed E-state index contributed by atoms with van der Waals surface area (Å²) < 4.78 is 0. The molecule has 0 spiro atoms. The molecule has 0 aromatic carbocycles. The quantitative estimate of drug-likeness (QED) is 0.647. The molecule has 0 saturated heterocycles. The second-order valence-corrected chi connectivity index (χ2v) is 4.50. The highest BCUT2D eigenvalue weighted by molar-refractivity contribution is 5.82. The number of carbonyl (C=O) groups excluding carboxylic acids is 1. The summed E-state index contributed by atoms with van der Waals surface area (Å²) in [6.45, 7) is 4.00. The van der Waals surface area contributed by atoms with Crippen molar-refractivity contribution < 1.29 is 4.79 Å². The van der Waals surface area contributed by atoms with E-state index in [1.807, 2.05) is 0 Å². The van der Waals surface area contributed by atoms with Crippen LogP contribution in [0, 0.1) is 5.41 Å². The molecule has 1 nitrogen and oxygen atoms in total. The van der Waals surface area contributed by atoms with E-state index >= 15 is 0 Å². The van der Waals surface area contributed by atoms with Crippen LogP contribution in [0.25, 0.3) is 0 Å². The molecule has 76 valence electrons. The number of hydrogen-bond acceptors (Lipinski definition) is 1. The first-order chi connectivity index (χ1) is 6.21. The average molecular weight is 182 g/mol. The van der Waals surface area contributed by atoms with Crippen LogP contribution in [-0.4, -0.2) is 5.78 Å². The van der Waals surface area contributed by atoms with E-state index in [0.29, 0.717) is 5.78 Å². The van der Waals surface area contributed by atoms with Gasteiger partial charge < -0.3 is 0 Å². The van der Waals surface area contributed by atoms with E-state index in [2.05, 4.69) is 6.92 Å². The maximum Gasteiger partial charge on any atom is 0.135 e. The lowest BCUT2D eigenvalue weighted by Gasteiger charge is -2.35. The third kappa shape index (κ3) is 2.55. The molecule has 0 aliphatic heterocycles. The molecule has 0 amide bonds. The highest BCUT2D eigenvalue weighted by atomic mass is 16.1. The number of carbonyl (C=O) groups is 1. The minimum absolute atomic E-state index is 0.0915. The minimum Gasteiger partial charge on any atom is -0.299 e. The van der Waals surface area contributed by atoms with Gasteiger partial charge in [-0.15, -0.1) is 0 Å². The predicted octanol–water partition coefficient (Wildman–Crippen LogP) is 3.72. The number of unbranched alkanes of at least 4 members (excludes halogenated alkanes) is 1. The van der Waals surface area contributed by atoms with Crippen molar-refractivity contribution in [3.63, 3.8) is 0 Å². The van der Waals surface area contributed by atoms with Crippen molar-refractivity contribution in [1.82, 2.24) is 0 Å². The Labute approximate surface area is 81.9 Å². The molecule has 0 bridgehead atoms. The van der Waals surface area contributed by atoms with Gasteiger partial charge in [0.05, 0.1) is 0 Å². The lowest BCUT2D eigenvalue weighted by Crippen LogP contribution is -2.31. The number of hydrogen-bond donors (Lipinski definition) is 0. The maximum absolute atomic E-state index is 11.6. The average Bonchev–Trinajstić information content (AvgIpc) is 2.16. The van der Waals surface area contributed by atoms with Crippen molar-refractivity contribution in [1.29, 1.82) is 0 Å². The lowest BCUT2D eigenvalue weighted by atomic mass is 9.68. The Morgan fingerprint density at radius 3 is 2.31 bits per heavy atom. The van der Waals surface area contributed by atoms with Gasteiger partial charge in [0.1, 0.15) is 5.78 Å². The van der Waals surface area contributed by atoms with E-state index in [4.69, 9.17) is 0 Å². The third-order valence-corrected chi connectivity index (χ3v) is 3.57. The molecule has 0 aromatic heterocycles. The molecule has 0 aromatic rings. The van der Waals surface area contributed by atoms with Gasteiger partial charge in [0.25, 0.3) is 0 Å². The van der Waals surface area contributed by atoms with Crippen molar-refractivity contribution in [2.75, 3.05) is 0 Å². The summed E-state index contributed by atoms with van der Waals surface area (Å²) in [5.74, 6) is 0.445. The maximum atomic E-state index is 11.6. The number of rotatable bonds is 4. The summed E-state index contributed by atoms with van der Waals surface area (Å²) in [4.78, 5) is 11.6. The zero-order chi connectivity index (χ0) is 9.73. The van der Waals surface area contributed by atoms with Crippen LogP contribution in [-0.2, 0) is 4.79 Å². The minimum atomic E-state index is 0.0915. The second-order valence-electron chi connectivity index (χ2n) is 4.50. The number of Topliss-reactive ketones (excluding diaryl/α,β-unsaturated/α-hetero) is 1. The summed E-state index contributed by atoms with van der Waals surface area (Å²) in [6, 6.07) is 0. The summed E-state index contributed by atoms with van der Waals surface area (Å²) in [7, 11) is 0. The van der Waals surface area contributed by atoms with Gasteiger partial charge in [-0.25, -0.2) is 0 Å². The molecule has 0 heterocycles. The van der Waals surface area contributed by atoms with Gasteiger partial charge in [0.2, 0.25) is 0 Å². The molecule has 1 aliphatic rings. The highest BCUT2D eigenvalue weighted by Gasteiger charge is 2.35. The zero-order valence-corrected chi connectivity index (χ0v) is 9.07. The fourth-order valence-corrected chi connectivity index (χ4v) is 2.52. The van der Waals surface area contributed by atoms with Crippen molar-refractivity contribution in [3.05, 3.63) is 0 Å².